The fourth-order valence-electron chi connectivity index (χ4n) is 3.70. The average Bonchev–Trinajstić information content (AvgIpc) is 2.77. The van der Waals surface area contributed by atoms with E-state index >= 15 is 0 Å². The molecule has 30 heavy (non-hydrogen) atoms. The fraction of sp³-hybridized carbons (Fsp3) is 0.269. The molecular weight excluding hydrogens is 394 g/mol. The Morgan fingerprint density at radius 2 is 1.23 bits per heavy atom. The van der Waals surface area contributed by atoms with Gasteiger partial charge in [0.05, 0.1) is 11.9 Å². The van der Waals surface area contributed by atoms with Gasteiger partial charge in [0.1, 0.15) is 6.10 Å². The number of hydrogen-bond acceptors (Lipinski definition) is 3. The van der Waals surface area contributed by atoms with E-state index in [1.807, 2.05) is 54.6 Å². The lowest BCUT2D eigenvalue weighted by Crippen LogP contribution is -2.47. The SMILES string of the molecule is CC(=O)O[C@@H](CCl)[C@H](Cc1ccccc1)N(Cc1ccccc1)Cc1ccccc1. The molecule has 0 spiro atoms. The Hall–Kier alpha value is -2.62. The van der Waals surface area contributed by atoms with E-state index in [1.165, 1.54) is 23.6 Å². The zero-order chi connectivity index (χ0) is 21.2. The minimum absolute atomic E-state index is 0.0609. The van der Waals surface area contributed by atoms with E-state index in [0.717, 1.165) is 19.5 Å². The number of esters is 1. The second-order valence-electron chi connectivity index (χ2n) is 7.44. The number of alkyl halides is 1. The minimum atomic E-state index is -0.406. The molecule has 0 aliphatic rings. The van der Waals surface area contributed by atoms with Crippen molar-refractivity contribution in [2.45, 2.75) is 38.6 Å². The van der Waals surface area contributed by atoms with Crippen LogP contribution in [0.3, 0.4) is 0 Å². The fourth-order valence-corrected chi connectivity index (χ4v) is 3.97. The van der Waals surface area contributed by atoms with Crippen LogP contribution in [0.2, 0.25) is 0 Å². The molecule has 0 bridgehead atoms. The van der Waals surface area contributed by atoms with Crippen molar-refractivity contribution in [3.8, 4) is 0 Å². The van der Waals surface area contributed by atoms with Gasteiger partial charge in [-0.1, -0.05) is 91.0 Å². The summed E-state index contributed by atoms with van der Waals surface area (Å²) < 4.78 is 5.68. The van der Waals surface area contributed by atoms with Crippen molar-refractivity contribution in [3.05, 3.63) is 108 Å². The summed E-state index contributed by atoms with van der Waals surface area (Å²) in [6.45, 7) is 2.92. The second kappa shape index (κ2) is 11.5. The van der Waals surface area contributed by atoms with Crippen molar-refractivity contribution in [2.24, 2.45) is 0 Å². The van der Waals surface area contributed by atoms with Crippen LogP contribution in [0.15, 0.2) is 91.0 Å². The lowest BCUT2D eigenvalue weighted by Gasteiger charge is -2.36. The molecule has 0 radical (unpaired) electrons. The lowest BCUT2D eigenvalue weighted by molar-refractivity contribution is -0.148. The van der Waals surface area contributed by atoms with Crippen molar-refractivity contribution in [3.63, 3.8) is 0 Å². The van der Waals surface area contributed by atoms with Gasteiger partial charge in [-0.2, -0.15) is 0 Å². The van der Waals surface area contributed by atoms with Crippen LogP contribution >= 0.6 is 11.6 Å². The minimum Gasteiger partial charge on any atom is -0.460 e. The third kappa shape index (κ3) is 6.72. The number of halogens is 1. The van der Waals surface area contributed by atoms with E-state index in [1.54, 1.807) is 0 Å². The molecule has 156 valence electrons. The summed E-state index contributed by atoms with van der Waals surface area (Å²) in [5, 5.41) is 0. The van der Waals surface area contributed by atoms with Crippen molar-refractivity contribution < 1.29 is 9.53 Å². The first-order chi connectivity index (χ1) is 14.7. The number of carbonyl (C=O) groups is 1. The number of hydrogen-bond donors (Lipinski definition) is 0. The Balaban J connectivity index is 1.95. The molecular formula is C26H28ClNO2. The molecule has 0 saturated heterocycles. The van der Waals surface area contributed by atoms with Crippen molar-refractivity contribution in [2.75, 3.05) is 5.88 Å². The quantitative estimate of drug-likeness (QED) is 0.321. The molecule has 0 heterocycles. The predicted octanol–water partition coefficient (Wildman–Crippen LogP) is 5.47. The molecule has 0 N–H and O–H groups in total. The Labute approximate surface area is 184 Å². The van der Waals surface area contributed by atoms with Gasteiger partial charge in [0.2, 0.25) is 0 Å². The highest BCUT2D eigenvalue weighted by Gasteiger charge is 2.30. The number of carbonyl (C=O) groups excluding carboxylic acids is 1. The van der Waals surface area contributed by atoms with Crippen LogP contribution in [0, 0.1) is 0 Å². The molecule has 0 fully saturated rings. The zero-order valence-corrected chi connectivity index (χ0v) is 18.0. The van der Waals surface area contributed by atoms with Crippen LogP contribution in [0.4, 0.5) is 0 Å². The summed E-state index contributed by atoms with van der Waals surface area (Å²) in [6.07, 6.45) is 0.336. The van der Waals surface area contributed by atoms with Crippen LogP contribution in [-0.2, 0) is 29.0 Å². The number of ether oxygens (including phenoxy) is 1. The maximum Gasteiger partial charge on any atom is 0.302 e. The van der Waals surface area contributed by atoms with Gasteiger partial charge in [-0.05, 0) is 23.1 Å². The van der Waals surface area contributed by atoms with Gasteiger partial charge in [0.25, 0.3) is 0 Å². The van der Waals surface area contributed by atoms with Crippen LogP contribution in [0.25, 0.3) is 0 Å². The Morgan fingerprint density at radius 1 is 0.800 bits per heavy atom. The second-order valence-corrected chi connectivity index (χ2v) is 7.74. The normalized spacial score (nSPS) is 13.0. The van der Waals surface area contributed by atoms with E-state index in [9.17, 15) is 4.79 Å². The van der Waals surface area contributed by atoms with Gasteiger partial charge in [0.15, 0.2) is 0 Å². The summed E-state index contributed by atoms with van der Waals surface area (Å²) in [7, 11) is 0. The number of rotatable bonds is 10. The monoisotopic (exact) mass is 421 g/mol. The van der Waals surface area contributed by atoms with E-state index in [2.05, 4.69) is 41.3 Å². The Kier molecular flexibility index (Phi) is 8.49. The standard InChI is InChI=1S/C26H28ClNO2/c1-21(29)30-26(18-27)25(17-22-11-5-2-6-12-22)28(19-23-13-7-3-8-14-23)20-24-15-9-4-10-16-24/h2-16,25-26H,17-20H2,1H3/t25-,26-/m0/s1. The third-order valence-electron chi connectivity index (χ3n) is 5.11. The van der Waals surface area contributed by atoms with E-state index in [0.29, 0.717) is 0 Å². The molecule has 0 unspecified atom stereocenters. The highest BCUT2D eigenvalue weighted by atomic mass is 35.5. The first-order valence-corrected chi connectivity index (χ1v) is 10.8. The molecule has 0 amide bonds. The molecule has 3 rings (SSSR count). The molecule has 0 saturated carbocycles. The maximum absolute atomic E-state index is 11.8. The van der Waals surface area contributed by atoms with Gasteiger partial charge in [-0.25, -0.2) is 0 Å². The van der Waals surface area contributed by atoms with Crippen LogP contribution in [0.1, 0.15) is 23.6 Å². The molecule has 3 aromatic rings. The highest BCUT2D eigenvalue weighted by molar-refractivity contribution is 6.18. The van der Waals surface area contributed by atoms with Gasteiger partial charge in [-0.3, -0.25) is 9.69 Å². The highest BCUT2D eigenvalue weighted by Crippen LogP contribution is 2.22. The lowest BCUT2D eigenvalue weighted by atomic mass is 9.98. The number of nitrogens with zero attached hydrogens (tertiary/aromatic N) is 1. The first-order valence-electron chi connectivity index (χ1n) is 10.2. The largest absolute Gasteiger partial charge is 0.460 e. The molecule has 0 aliphatic carbocycles. The summed E-state index contributed by atoms with van der Waals surface area (Å²) >= 11 is 6.32. The topological polar surface area (TPSA) is 29.5 Å². The van der Waals surface area contributed by atoms with Crippen molar-refractivity contribution >= 4 is 17.6 Å². The van der Waals surface area contributed by atoms with Gasteiger partial charge in [-0.15, -0.1) is 11.6 Å². The maximum atomic E-state index is 11.8. The van der Waals surface area contributed by atoms with E-state index in [4.69, 9.17) is 16.3 Å². The molecule has 0 aliphatic heterocycles. The summed E-state index contributed by atoms with van der Waals surface area (Å²) in [5.41, 5.74) is 3.61. The molecule has 4 heteroatoms. The van der Waals surface area contributed by atoms with Crippen LogP contribution in [0.5, 0.6) is 0 Å². The summed E-state index contributed by atoms with van der Waals surface area (Å²) in [5.74, 6) is -0.0601. The van der Waals surface area contributed by atoms with Crippen LogP contribution < -0.4 is 0 Å². The van der Waals surface area contributed by atoms with Gasteiger partial charge < -0.3 is 4.74 Å². The predicted molar refractivity (Wildman–Crippen MR) is 122 cm³/mol. The molecule has 0 aromatic heterocycles. The van der Waals surface area contributed by atoms with Gasteiger partial charge in [0, 0.05) is 20.0 Å². The van der Waals surface area contributed by atoms with Crippen LogP contribution in [-0.4, -0.2) is 28.9 Å². The van der Waals surface area contributed by atoms with Crippen molar-refractivity contribution in [1.82, 2.24) is 4.90 Å². The van der Waals surface area contributed by atoms with E-state index in [-0.39, 0.29) is 17.9 Å². The van der Waals surface area contributed by atoms with E-state index < -0.39 is 6.10 Å². The van der Waals surface area contributed by atoms with Gasteiger partial charge >= 0.3 is 5.97 Å². The summed E-state index contributed by atoms with van der Waals surface area (Å²) in [4.78, 5) is 14.2. The average molecular weight is 422 g/mol. The smallest absolute Gasteiger partial charge is 0.302 e. The third-order valence-corrected chi connectivity index (χ3v) is 5.42. The zero-order valence-electron chi connectivity index (χ0n) is 17.3. The molecule has 3 aromatic carbocycles. The first kappa shape index (κ1) is 22.1. The summed E-state index contributed by atoms with van der Waals surface area (Å²) in [6, 6.07) is 31.0. The Bertz CT molecular complexity index is 845. The number of benzene rings is 3. The molecule has 3 nitrogen and oxygen atoms in total. The van der Waals surface area contributed by atoms with Crippen molar-refractivity contribution in [1.29, 1.82) is 0 Å². The Morgan fingerprint density at radius 3 is 1.63 bits per heavy atom. The molecule has 2 atom stereocenters.